The molecule has 4 fully saturated rings. The van der Waals surface area contributed by atoms with Crippen molar-refractivity contribution >= 4 is 0 Å². The Morgan fingerprint density at radius 1 is 0.433 bits per heavy atom. The van der Waals surface area contributed by atoms with Crippen molar-refractivity contribution < 1.29 is 61.6 Å². The molecule has 0 aromatic rings. The van der Waals surface area contributed by atoms with Crippen LogP contribution in [0.4, 0.5) is 0 Å². The van der Waals surface area contributed by atoms with Crippen molar-refractivity contribution in [3.8, 4) is 0 Å². The third-order valence-electron chi connectivity index (χ3n) is 3.95. The fourth-order valence-corrected chi connectivity index (χ4v) is 4.43. The van der Waals surface area contributed by atoms with E-state index in [0.717, 1.165) is 0 Å². The first kappa shape index (κ1) is 28.8. The normalized spacial score (nSPS) is 34.0. The quantitative estimate of drug-likeness (QED) is 0.144. The molecule has 0 radical (unpaired) electrons. The van der Waals surface area contributed by atoms with Crippen molar-refractivity contribution in [1.29, 1.82) is 0 Å². The number of rotatable bonds is 0. The molecule has 0 spiro atoms. The van der Waals surface area contributed by atoms with E-state index in [1.807, 2.05) is 0 Å². The third-order valence-corrected chi connectivity index (χ3v) is 3.95. The summed E-state index contributed by atoms with van der Waals surface area (Å²) in [5.74, 6) is 0. The van der Waals surface area contributed by atoms with Crippen LogP contribution in [0.25, 0.3) is 0 Å². The summed E-state index contributed by atoms with van der Waals surface area (Å²) in [5, 5.41) is 95.0. The monoisotopic (exact) mass is 452 g/mol. The number of hydrogen-bond donors (Lipinski definition) is 8. The fraction of sp³-hybridized carbons (Fsp3) is 1.00. The Labute approximate surface area is 164 Å². The lowest BCUT2D eigenvalue weighted by Gasteiger charge is -2.64. The number of nitrogens with zero attached hydrogens (tertiary/aromatic N) is 4. The van der Waals surface area contributed by atoms with Crippen molar-refractivity contribution in [3.05, 3.63) is 40.5 Å². The van der Waals surface area contributed by atoms with E-state index in [-0.39, 0.29) is 0 Å². The molecule has 0 aromatic heterocycles. The van der Waals surface area contributed by atoms with Crippen LogP contribution in [0.3, 0.4) is 0 Å². The van der Waals surface area contributed by atoms with Gasteiger partial charge in [0.1, 0.15) is 0 Å². The van der Waals surface area contributed by atoms with Crippen LogP contribution in [0.1, 0.15) is 38.5 Å². The molecule has 4 saturated carbocycles. The molecule has 4 aliphatic rings. The molecule has 0 amide bonds. The number of aliphatic hydroxyl groups is 4. The maximum absolute atomic E-state index is 10.1. The summed E-state index contributed by atoms with van der Waals surface area (Å²) in [4.78, 5) is 33.4. The first-order valence-electron chi connectivity index (χ1n) is 7.40. The predicted molar refractivity (Wildman–Crippen MR) is 82.6 cm³/mol. The minimum atomic E-state index is -1.50. The maximum atomic E-state index is 10.1. The first-order chi connectivity index (χ1) is 13.2. The molecule has 20 nitrogen and oxygen atoms in total. The molecule has 20 heteroatoms. The standard InChI is InChI=1S/C10H16O4.4HNO3/c11-7-1-8(12)4-9(13,2-7)6-10(14,3-7)5-8;4*2-1(3)4/h11-14H,1-6H2;4*(H,2,3,4). The second-order valence-electron chi connectivity index (χ2n) is 6.91. The van der Waals surface area contributed by atoms with Gasteiger partial charge >= 0.3 is 0 Å². The Balaban J connectivity index is 0. The Bertz CT molecular complexity index is 482. The van der Waals surface area contributed by atoms with Gasteiger partial charge in [-0.25, -0.2) is 0 Å². The van der Waals surface area contributed by atoms with Crippen molar-refractivity contribution in [1.82, 2.24) is 0 Å². The lowest BCUT2D eigenvalue weighted by molar-refractivity contribution is -0.742. The Kier molecular flexibility index (Phi) is 10.0. The molecular formula is C10H20N4O16. The van der Waals surface area contributed by atoms with Crippen LogP contribution in [0.15, 0.2) is 0 Å². The van der Waals surface area contributed by atoms with Gasteiger partial charge in [-0.05, 0) is 0 Å². The van der Waals surface area contributed by atoms with Crippen LogP contribution >= 0.6 is 0 Å². The van der Waals surface area contributed by atoms with Gasteiger partial charge in [-0.15, -0.1) is 40.5 Å². The molecule has 0 aromatic carbocycles. The second-order valence-corrected chi connectivity index (χ2v) is 6.91. The largest absolute Gasteiger partial charge is 0.390 e. The highest BCUT2D eigenvalue weighted by molar-refractivity contribution is 5.20. The molecule has 0 heterocycles. The molecule has 4 aliphatic carbocycles. The zero-order chi connectivity index (χ0) is 24.6. The van der Waals surface area contributed by atoms with E-state index in [0.29, 0.717) is 38.5 Å². The summed E-state index contributed by atoms with van der Waals surface area (Å²) in [7, 11) is 0. The van der Waals surface area contributed by atoms with E-state index in [2.05, 4.69) is 0 Å². The van der Waals surface area contributed by atoms with Crippen LogP contribution in [0, 0.1) is 40.5 Å². The average Bonchev–Trinajstić information content (AvgIpc) is 2.26. The predicted octanol–water partition coefficient (Wildman–Crippen LogP) is -2.10. The summed E-state index contributed by atoms with van der Waals surface area (Å²) in [6, 6.07) is 0. The lowest BCUT2D eigenvalue weighted by Crippen LogP contribution is -2.71. The van der Waals surface area contributed by atoms with E-state index in [4.69, 9.17) is 61.3 Å². The summed E-state index contributed by atoms with van der Waals surface area (Å²) in [6.45, 7) is 0. The molecule has 0 unspecified atom stereocenters. The van der Waals surface area contributed by atoms with Crippen molar-refractivity contribution in [2.24, 2.45) is 0 Å². The minimum Gasteiger partial charge on any atom is -0.390 e. The van der Waals surface area contributed by atoms with Gasteiger partial charge in [0.2, 0.25) is 0 Å². The fourth-order valence-electron chi connectivity index (χ4n) is 4.43. The van der Waals surface area contributed by atoms with Gasteiger partial charge in [0, 0.05) is 38.5 Å². The van der Waals surface area contributed by atoms with E-state index in [9.17, 15) is 20.4 Å². The zero-order valence-electron chi connectivity index (χ0n) is 14.9. The van der Waals surface area contributed by atoms with Crippen LogP contribution in [-0.2, 0) is 0 Å². The number of hydrogen-bond acceptors (Lipinski definition) is 12. The minimum absolute atomic E-state index is 0.296. The van der Waals surface area contributed by atoms with Crippen molar-refractivity contribution in [3.63, 3.8) is 0 Å². The van der Waals surface area contributed by atoms with Crippen molar-refractivity contribution in [2.75, 3.05) is 0 Å². The summed E-state index contributed by atoms with van der Waals surface area (Å²) >= 11 is 0. The van der Waals surface area contributed by atoms with E-state index >= 15 is 0 Å². The van der Waals surface area contributed by atoms with Crippen LogP contribution in [0.2, 0.25) is 0 Å². The topological polar surface area (TPSA) is 334 Å². The molecule has 176 valence electrons. The van der Waals surface area contributed by atoms with Crippen LogP contribution in [-0.4, -0.2) is 84.0 Å². The Hall–Kier alpha value is -3.36. The van der Waals surface area contributed by atoms with Gasteiger partial charge in [-0.3, -0.25) is 0 Å². The van der Waals surface area contributed by atoms with Gasteiger partial charge in [0.25, 0.3) is 20.3 Å². The van der Waals surface area contributed by atoms with E-state index < -0.39 is 42.8 Å². The lowest BCUT2D eigenvalue weighted by atomic mass is 9.49. The van der Waals surface area contributed by atoms with Gasteiger partial charge < -0.3 is 41.3 Å². The second kappa shape index (κ2) is 10.4. The molecule has 8 N–H and O–H groups in total. The maximum Gasteiger partial charge on any atom is 0.291 e. The van der Waals surface area contributed by atoms with Crippen LogP contribution < -0.4 is 0 Å². The molecule has 4 rings (SSSR count). The van der Waals surface area contributed by atoms with E-state index in [1.54, 1.807) is 0 Å². The van der Waals surface area contributed by atoms with Gasteiger partial charge in [0.05, 0.1) is 22.4 Å². The highest BCUT2D eigenvalue weighted by Crippen LogP contribution is 2.60. The van der Waals surface area contributed by atoms with Crippen LogP contribution in [0.5, 0.6) is 0 Å². The first-order valence-corrected chi connectivity index (χ1v) is 7.40. The molecule has 0 atom stereocenters. The summed E-state index contributed by atoms with van der Waals surface area (Å²) in [5.41, 5.74) is -4.25. The van der Waals surface area contributed by atoms with Gasteiger partial charge in [0.15, 0.2) is 0 Å². The van der Waals surface area contributed by atoms with Gasteiger partial charge in [-0.1, -0.05) is 0 Å². The third kappa shape index (κ3) is 12.9. The smallest absolute Gasteiger partial charge is 0.291 e. The van der Waals surface area contributed by atoms with E-state index in [1.165, 1.54) is 0 Å². The highest BCUT2D eigenvalue weighted by atomic mass is 16.9. The zero-order valence-corrected chi connectivity index (χ0v) is 14.9. The molecular weight excluding hydrogens is 432 g/mol. The summed E-state index contributed by atoms with van der Waals surface area (Å²) in [6.07, 6.45) is 1.78. The molecule has 30 heavy (non-hydrogen) atoms. The molecule has 4 bridgehead atoms. The Morgan fingerprint density at radius 2 is 0.500 bits per heavy atom. The Morgan fingerprint density at radius 3 is 0.567 bits per heavy atom. The summed E-state index contributed by atoms with van der Waals surface area (Å²) < 4.78 is 0. The molecule has 0 aliphatic heterocycles. The average molecular weight is 452 g/mol. The SMILES string of the molecule is O=[N+]([O-])O.O=[N+]([O-])O.O=[N+]([O-])O.O=[N+]([O-])O.OC12CC3(O)CC(O)(C1)CC(O)(C2)C3. The van der Waals surface area contributed by atoms with Crippen molar-refractivity contribution in [2.45, 2.75) is 60.9 Å². The van der Waals surface area contributed by atoms with Gasteiger partial charge in [-0.2, -0.15) is 0 Å². The molecule has 0 saturated heterocycles. The highest BCUT2D eigenvalue weighted by Gasteiger charge is 2.67.